The van der Waals surface area contributed by atoms with Gasteiger partial charge in [0, 0.05) is 74.8 Å². The molecule has 1 aliphatic carbocycles. The Balaban J connectivity index is 1.34. The summed E-state index contributed by atoms with van der Waals surface area (Å²) in [4.78, 5) is 76.6. The van der Waals surface area contributed by atoms with Crippen LogP contribution in [-0.2, 0) is 56.8 Å². The summed E-state index contributed by atoms with van der Waals surface area (Å²) in [6.07, 6.45) is 6.94. The number of allylic oxidation sites excluding steroid dienone is 3. The summed E-state index contributed by atoms with van der Waals surface area (Å²) in [5.74, 6) is -7.41. The van der Waals surface area contributed by atoms with E-state index in [1.807, 2.05) is 58.2 Å². The van der Waals surface area contributed by atoms with Gasteiger partial charge in [-0.2, -0.15) is 0 Å². The Morgan fingerprint density at radius 2 is 1.62 bits per heavy atom. The third-order valence-corrected chi connectivity index (χ3v) is 21.9. The van der Waals surface area contributed by atoms with Crippen LogP contribution in [0.5, 0.6) is 0 Å². The molecule has 1 aromatic carbocycles. The molecule has 16 nitrogen and oxygen atoms in total. The van der Waals surface area contributed by atoms with Gasteiger partial charge < -0.3 is 53.2 Å². The van der Waals surface area contributed by atoms with Crippen molar-refractivity contribution in [2.75, 3.05) is 39.8 Å². The number of aromatic amines is 1. The molecule has 0 radical (unpaired) electrons. The SMILES string of the molecule is CCC1C=C(C)CC(C)CC(OC)C2OC(O)(C(=O)C(=O)N3CCCCC3C(=O)OC(C(C)=CC3CCC(OCC(=O)Nc4ccc5[nH]ccc5c4)C(OC)C3)C(C)C(O[Si](C)(C)C(C)(C)C)CC1=O)C(C)CC2OC. The number of nitrogens with zero attached hydrogens (tertiary/aromatic N) is 1. The molecule has 76 heavy (non-hydrogen) atoms. The van der Waals surface area contributed by atoms with Crippen molar-refractivity contribution in [3.8, 4) is 0 Å². The minimum absolute atomic E-state index is 0.0290. The number of aliphatic hydroxyl groups is 1. The van der Waals surface area contributed by atoms with Crippen LogP contribution in [0.2, 0.25) is 18.1 Å². The highest BCUT2D eigenvalue weighted by atomic mass is 28.4. The van der Waals surface area contributed by atoms with Gasteiger partial charge in [0.1, 0.15) is 30.6 Å². The molecule has 14 atom stereocenters. The first kappa shape index (κ1) is 61.1. The third-order valence-electron chi connectivity index (χ3n) is 17.4. The number of Topliss-reactive ketones (excluding diaryl/α,β-unsaturated/α-hetero) is 2. The highest BCUT2D eigenvalue weighted by Crippen LogP contribution is 2.42. The lowest BCUT2D eigenvalue weighted by atomic mass is 9.81. The highest BCUT2D eigenvalue weighted by molar-refractivity contribution is 6.74. The number of piperidine rings is 1. The lowest BCUT2D eigenvalue weighted by Gasteiger charge is -2.47. The molecule has 6 rings (SSSR count). The van der Waals surface area contributed by atoms with Gasteiger partial charge >= 0.3 is 5.97 Å². The van der Waals surface area contributed by atoms with Crippen molar-refractivity contribution >= 4 is 54.3 Å². The maximum atomic E-state index is 15.0. The molecule has 2 amide bonds. The number of hydrogen-bond acceptors (Lipinski definition) is 13. The lowest BCUT2D eigenvalue weighted by Crippen LogP contribution is -2.64. The van der Waals surface area contributed by atoms with E-state index in [0.717, 1.165) is 22.0 Å². The van der Waals surface area contributed by atoms with Gasteiger partial charge in [0.25, 0.3) is 11.7 Å². The number of anilines is 1. The van der Waals surface area contributed by atoms with E-state index in [1.165, 1.54) is 4.90 Å². The van der Waals surface area contributed by atoms with Gasteiger partial charge in [0.05, 0.1) is 30.5 Å². The van der Waals surface area contributed by atoms with E-state index in [2.05, 4.69) is 63.2 Å². The van der Waals surface area contributed by atoms with Crippen LogP contribution in [-0.4, -0.2) is 142 Å². The fraction of sp³-hybridized carbons (Fsp3) is 0.712. The molecule has 4 aliphatic rings. The van der Waals surface area contributed by atoms with Crippen LogP contribution in [0, 0.1) is 29.6 Å². The number of carbonyl (C=O) groups excluding carboxylic acids is 5. The lowest BCUT2D eigenvalue weighted by molar-refractivity contribution is -0.302. The van der Waals surface area contributed by atoms with Gasteiger partial charge in [-0.15, -0.1) is 0 Å². The number of fused-ring (bicyclic) bond motifs is 4. The van der Waals surface area contributed by atoms with Crippen molar-refractivity contribution < 1.29 is 61.9 Å². The van der Waals surface area contributed by atoms with Crippen LogP contribution < -0.4 is 5.32 Å². The highest BCUT2D eigenvalue weighted by Gasteiger charge is 2.57. The van der Waals surface area contributed by atoms with Crippen LogP contribution in [0.15, 0.2) is 53.8 Å². The summed E-state index contributed by atoms with van der Waals surface area (Å²) in [5.41, 5.74) is 3.44. The second kappa shape index (κ2) is 26.3. The molecule has 1 aromatic heterocycles. The Morgan fingerprint density at radius 3 is 2.29 bits per heavy atom. The van der Waals surface area contributed by atoms with E-state index in [0.29, 0.717) is 57.1 Å². The van der Waals surface area contributed by atoms with Gasteiger partial charge in [-0.05, 0) is 138 Å². The van der Waals surface area contributed by atoms with Gasteiger partial charge in [0.2, 0.25) is 11.7 Å². The topological polar surface area (TPSA) is 201 Å². The zero-order chi connectivity index (χ0) is 55.9. The Hall–Kier alpha value is -4.07. The van der Waals surface area contributed by atoms with Crippen LogP contribution in [0.4, 0.5) is 5.69 Å². The number of methoxy groups -OCH3 is 3. The van der Waals surface area contributed by atoms with Gasteiger partial charge in [-0.25, -0.2) is 4.79 Å². The zero-order valence-corrected chi connectivity index (χ0v) is 49.0. The van der Waals surface area contributed by atoms with Gasteiger partial charge in [-0.3, -0.25) is 19.2 Å². The number of aromatic nitrogens is 1. The number of rotatable bonds is 12. The Kier molecular flexibility index (Phi) is 21.1. The maximum absolute atomic E-state index is 15.0. The van der Waals surface area contributed by atoms with Crippen LogP contribution >= 0.6 is 0 Å². The average Bonchev–Trinajstić information content (AvgIpc) is 3.85. The first-order valence-electron chi connectivity index (χ1n) is 27.9. The second-order valence-electron chi connectivity index (χ2n) is 24.1. The molecule has 1 saturated carbocycles. The summed E-state index contributed by atoms with van der Waals surface area (Å²) < 4.78 is 44.5. The van der Waals surface area contributed by atoms with Crippen molar-refractivity contribution in [2.24, 2.45) is 29.6 Å². The minimum Gasteiger partial charge on any atom is -0.456 e. The molecule has 424 valence electrons. The molecular formula is C59H91N3O13Si. The number of nitrogens with one attached hydrogen (secondary N) is 2. The zero-order valence-electron chi connectivity index (χ0n) is 48.0. The Labute approximate surface area is 453 Å². The second-order valence-corrected chi connectivity index (χ2v) is 28.9. The van der Waals surface area contributed by atoms with E-state index in [-0.39, 0.29) is 73.2 Å². The average molecular weight is 1080 g/mol. The molecule has 3 fully saturated rings. The number of hydrogen-bond donors (Lipinski definition) is 3. The van der Waals surface area contributed by atoms with Gasteiger partial charge in [0.15, 0.2) is 8.32 Å². The van der Waals surface area contributed by atoms with Crippen molar-refractivity contribution in [3.63, 3.8) is 0 Å². The fourth-order valence-corrected chi connectivity index (χ4v) is 13.2. The van der Waals surface area contributed by atoms with E-state index in [9.17, 15) is 24.3 Å². The first-order chi connectivity index (χ1) is 35.8. The molecule has 0 spiro atoms. The first-order valence-corrected chi connectivity index (χ1v) is 30.8. The number of ether oxygens (including phenoxy) is 6. The molecule has 17 heteroatoms. The standard InChI is InChI=1S/C59H91N3O13Si/c1-15-41-27-35(2)26-36(3)28-50(70-11)54-51(71-12)30-38(5)59(68,74-54)55(65)56(66)62-25-17-16-18-45(62)57(67)73-53(39(6)48(33-46(41)63)75-76(13,14)58(7,8)9)37(4)29-40-19-22-47(49(31-40)69-10)72-34-52(64)61-43-20-21-44-42(32-43)23-24-60-44/h20-21,23-24,27,29,32,36,38-41,45,47-51,53-54,60,68H,15-19,22,25-26,28,30-31,33-34H2,1-14H3,(H,61,64). The number of cyclic esters (lactones) is 1. The summed E-state index contributed by atoms with van der Waals surface area (Å²) in [6.45, 7) is 22.4. The molecule has 2 saturated heterocycles. The smallest absolute Gasteiger partial charge is 0.329 e. The summed E-state index contributed by atoms with van der Waals surface area (Å²) in [7, 11) is 2.16. The van der Waals surface area contributed by atoms with Crippen molar-refractivity contribution in [3.05, 3.63) is 53.8 Å². The number of ketones is 2. The quantitative estimate of drug-likeness (QED) is 0.0786. The molecule has 4 heterocycles. The summed E-state index contributed by atoms with van der Waals surface area (Å²) in [5, 5.41) is 16.0. The Bertz CT molecular complexity index is 2390. The number of carbonyl (C=O) groups is 5. The minimum atomic E-state index is -2.58. The van der Waals surface area contributed by atoms with E-state index in [4.69, 9.17) is 32.8 Å². The van der Waals surface area contributed by atoms with E-state index in [1.54, 1.807) is 28.3 Å². The Morgan fingerprint density at radius 1 is 0.921 bits per heavy atom. The summed E-state index contributed by atoms with van der Waals surface area (Å²) >= 11 is 0. The van der Waals surface area contributed by atoms with Crippen LogP contribution in [0.1, 0.15) is 133 Å². The largest absolute Gasteiger partial charge is 0.456 e. The summed E-state index contributed by atoms with van der Waals surface area (Å²) in [6, 6.07) is 6.47. The molecular weight excluding hydrogens is 987 g/mol. The van der Waals surface area contributed by atoms with Gasteiger partial charge in [-0.1, -0.05) is 66.2 Å². The normalized spacial score (nSPS) is 33.5. The van der Waals surface area contributed by atoms with Crippen LogP contribution in [0.25, 0.3) is 10.9 Å². The van der Waals surface area contributed by atoms with E-state index >= 15 is 4.79 Å². The predicted octanol–water partition coefficient (Wildman–Crippen LogP) is 9.65. The van der Waals surface area contributed by atoms with Crippen molar-refractivity contribution in [1.29, 1.82) is 0 Å². The fourth-order valence-electron chi connectivity index (χ4n) is 11.8. The van der Waals surface area contributed by atoms with Crippen molar-refractivity contribution in [1.82, 2.24) is 9.88 Å². The molecule has 2 aromatic rings. The predicted molar refractivity (Wildman–Crippen MR) is 295 cm³/mol. The monoisotopic (exact) mass is 1080 g/mol. The number of H-pyrrole nitrogens is 1. The molecule has 3 N–H and O–H groups in total. The number of amides is 2. The molecule has 3 aliphatic heterocycles. The molecule has 14 unspecified atom stereocenters. The molecule has 2 bridgehead atoms. The maximum Gasteiger partial charge on any atom is 0.329 e. The third kappa shape index (κ3) is 14.6. The van der Waals surface area contributed by atoms with E-state index < -0.39 is 86.1 Å². The van der Waals surface area contributed by atoms with Crippen LogP contribution in [0.3, 0.4) is 0 Å². The number of benzene rings is 1. The van der Waals surface area contributed by atoms with Crippen molar-refractivity contribution in [2.45, 2.75) is 206 Å². The number of esters is 1.